The van der Waals surface area contributed by atoms with Crippen molar-refractivity contribution in [2.45, 2.75) is 19.1 Å². The molecule has 1 atom stereocenters. The monoisotopic (exact) mass is 290 g/mol. The molecule has 0 bridgehead atoms. The Balaban J connectivity index is 1.87. The van der Waals surface area contributed by atoms with E-state index in [4.69, 9.17) is 11.6 Å². The summed E-state index contributed by atoms with van der Waals surface area (Å²) in [5.74, 6) is -0.427. The van der Waals surface area contributed by atoms with Crippen LogP contribution < -0.4 is 5.32 Å². The predicted molar refractivity (Wildman–Crippen MR) is 77.5 cm³/mol. The second-order valence-electron chi connectivity index (χ2n) is 4.36. The number of aliphatic hydroxyl groups excluding tert-OH is 1. The fraction of sp³-hybridized carbons (Fsp3) is 0.200. The van der Waals surface area contributed by atoms with Gasteiger partial charge in [0.05, 0.1) is 5.56 Å². The van der Waals surface area contributed by atoms with Crippen LogP contribution in [0.15, 0.2) is 48.7 Å². The zero-order chi connectivity index (χ0) is 14.4. The van der Waals surface area contributed by atoms with Crippen molar-refractivity contribution in [3.63, 3.8) is 0 Å². The van der Waals surface area contributed by atoms with Crippen LogP contribution in [0.3, 0.4) is 0 Å². The van der Waals surface area contributed by atoms with Crippen LogP contribution in [0, 0.1) is 0 Å². The highest BCUT2D eigenvalue weighted by molar-refractivity contribution is 6.32. The van der Waals surface area contributed by atoms with Crippen LogP contribution in [0.4, 0.5) is 0 Å². The third-order valence-electron chi connectivity index (χ3n) is 2.85. The highest BCUT2D eigenvalue weighted by Gasteiger charge is 2.14. The molecule has 104 valence electrons. The number of benzene rings is 1. The Kier molecular flexibility index (Phi) is 5.09. The van der Waals surface area contributed by atoms with Gasteiger partial charge >= 0.3 is 0 Å². The number of hydrogen-bond donors (Lipinski definition) is 2. The van der Waals surface area contributed by atoms with E-state index in [1.54, 1.807) is 12.1 Å². The predicted octanol–water partition coefficient (Wildman–Crippen LogP) is 2.42. The molecule has 0 spiro atoms. The first-order valence-corrected chi connectivity index (χ1v) is 6.68. The van der Waals surface area contributed by atoms with Gasteiger partial charge in [0.1, 0.15) is 11.4 Å². The molecule has 0 fully saturated rings. The number of carbonyl (C=O) groups is 1. The number of aromatic nitrogens is 1. The molecule has 2 aromatic rings. The number of rotatable bonds is 5. The Morgan fingerprint density at radius 2 is 2.00 bits per heavy atom. The number of halogens is 1. The van der Waals surface area contributed by atoms with E-state index in [1.165, 1.54) is 6.20 Å². The van der Waals surface area contributed by atoms with E-state index in [1.807, 2.05) is 30.3 Å². The molecule has 2 N–H and O–H groups in total. The normalized spacial score (nSPS) is 11.9. The number of hydrogen-bond acceptors (Lipinski definition) is 3. The molecule has 5 heteroatoms. The molecule has 1 heterocycles. The number of aryl methyl sites for hydroxylation is 1. The number of pyridine rings is 1. The summed E-state index contributed by atoms with van der Waals surface area (Å²) in [6, 6.07) is 13.0. The highest BCUT2D eigenvalue weighted by Crippen LogP contribution is 2.11. The number of carbonyl (C=O) groups excluding carboxylic acids is 1. The van der Waals surface area contributed by atoms with E-state index < -0.39 is 12.1 Å². The minimum Gasteiger partial charge on any atom is -0.374 e. The first kappa shape index (κ1) is 14.5. The van der Waals surface area contributed by atoms with Crippen molar-refractivity contribution in [1.82, 2.24) is 10.3 Å². The Labute approximate surface area is 122 Å². The second kappa shape index (κ2) is 7.03. The third-order valence-corrected chi connectivity index (χ3v) is 3.15. The summed E-state index contributed by atoms with van der Waals surface area (Å²) in [6.07, 6.45) is 1.71. The van der Waals surface area contributed by atoms with Gasteiger partial charge in [0, 0.05) is 6.20 Å². The van der Waals surface area contributed by atoms with Gasteiger partial charge in [-0.15, -0.1) is 0 Å². The van der Waals surface area contributed by atoms with Gasteiger partial charge in [-0.2, -0.15) is 0 Å². The Hall–Kier alpha value is -1.91. The topological polar surface area (TPSA) is 62.2 Å². The summed E-state index contributed by atoms with van der Waals surface area (Å²) < 4.78 is 0. The average molecular weight is 291 g/mol. The lowest BCUT2D eigenvalue weighted by Gasteiger charge is -2.13. The maximum absolute atomic E-state index is 11.9. The zero-order valence-electron chi connectivity index (χ0n) is 10.8. The zero-order valence-corrected chi connectivity index (χ0v) is 11.5. The fourth-order valence-corrected chi connectivity index (χ4v) is 2.01. The number of aliphatic hydroxyl groups is 1. The summed E-state index contributed by atoms with van der Waals surface area (Å²) in [5, 5.41) is 12.5. The maximum atomic E-state index is 11.9. The molecule has 0 aliphatic rings. The van der Waals surface area contributed by atoms with E-state index in [0.29, 0.717) is 12.8 Å². The maximum Gasteiger partial charge on any atom is 0.256 e. The van der Waals surface area contributed by atoms with E-state index in [-0.39, 0.29) is 10.7 Å². The quantitative estimate of drug-likeness (QED) is 0.657. The van der Waals surface area contributed by atoms with Crippen molar-refractivity contribution in [1.29, 1.82) is 0 Å². The molecular weight excluding hydrogens is 276 g/mol. The molecule has 0 radical (unpaired) electrons. The van der Waals surface area contributed by atoms with Crippen molar-refractivity contribution in [2.75, 3.05) is 0 Å². The fourth-order valence-electron chi connectivity index (χ4n) is 1.80. The smallest absolute Gasteiger partial charge is 0.256 e. The standard InChI is InChI=1S/C15H15ClN2O2/c16-14-12(7-4-10-17-14)15(20)18-13(19)9-8-11-5-2-1-3-6-11/h1-7,10,13,19H,8-9H2,(H,18,20). The van der Waals surface area contributed by atoms with Crippen LogP contribution in [-0.4, -0.2) is 22.2 Å². The summed E-state index contributed by atoms with van der Waals surface area (Å²) >= 11 is 5.82. The molecule has 0 aliphatic carbocycles. The van der Waals surface area contributed by atoms with Crippen LogP contribution in [0.2, 0.25) is 5.15 Å². The van der Waals surface area contributed by atoms with Crippen LogP contribution >= 0.6 is 11.6 Å². The second-order valence-corrected chi connectivity index (χ2v) is 4.71. The van der Waals surface area contributed by atoms with Gasteiger partial charge in [-0.1, -0.05) is 41.9 Å². The Morgan fingerprint density at radius 3 is 2.70 bits per heavy atom. The molecule has 0 saturated carbocycles. The van der Waals surface area contributed by atoms with Crippen LogP contribution in [0.1, 0.15) is 22.3 Å². The lowest BCUT2D eigenvalue weighted by atomic mass is 10.1. The van der Waals surface area contributed by atoms with Crippen molar-refractivity contribution >= 4 is 17.5 Å². The molecule has 1 amide bonds. The third kappa shape index (κ3) is 4.05. The van der Waals surface area contributed by atoms with Crippen molar-refractivity contribution in [3.8, 4) is 0 Å². The van der Waals surface area contributed by atoms with Gasteiger partial charge in [-0.05, 0) is 30.5 Å². The van der Waals surface area contributed by atoms with E-state index in [0.717, 1.165) is 5.56 Å². The van der Waals surface area contributed by atoms with Gasteiger partial charge in [-0.3, -0.25) is 4.79 Å². The molecule has 1 unspecified atom stereocenters. The Bertz CT molecular complexity index is 575. The van der Waals surface area contributed by atoms with Gasteiger partial charge < -0.3 is 10.4 Å². The minimum atomic E-state index is -0.918. The van der Waals surface area contributed by atoms with E-state index in [2.05, 4.69) is 10.3 Å². The summed E-state index contributed by atoms with van der Waals surface area (Å²) in [7, 11) is 0. The first-order chi connectivity index (χ1) is 9.66. The lowest BCUT2D eigenvalue weighted by Crippen LogP contribution is -2.35. The van der Waals surface area contributed by atoms with Gasteiger partial charge in [-0.25, -0.2) is 4.98 Å². The van der Waals surface area contributed by atoms with Gasteiger partial charge in [0.15, 0.2) is 0 Å². The van der Waals surface area contributed by atoms with Crippen molar-refractivity contribution < 1.29 is 9.90 Å². The summed E-state index contributed by atoms with van der Waals surface area (Å²) in [4.78, 5) is 15.7. The number of nitrogens with one attached hydrogen (secondary N) is 1. The van der Waals surface area contributed by atoms with Crippen LogP contribution in [0.5, 0.6) is 0 Å². The van der Waals surface area contributed by atoms with Crippen molar-refractivity contribution in [2.24, 2.45) is 0 Å². The number of nitrogens with zero attached hydrogens (tertiary/aromatic N) is 1. The Morgan fingerprint density at radius 1 is 1.25 bits per heavy atom. The van der Waals surface area contributed by atoms with E-state index >= 15 is 0 Å². The van der Waals surface area contributed by atoms with Crippen molar-refractivity contribution in [3.05, 3.63) is 64.9 Å². The average Bonchev–Trinajstić information content (AvgIpc) is 2.46. The molecule has 20 heavy (non-hydrogen) atoms. The molecule has 1 aromatic carbocycles. The molecule has 1 aromatic heterocycles. The summed E-state index contributed by atoms with van der Waals surface area (Å²) in [6.45, 7) is 0. The van der Waals surface area contributed by atoms with E-state index in [9.17, 15) is 9.90 Å². The molecule has 0 saturated heterocycles. The summed E-state index contributed by atoms with van der Waals surface area (Å²) in [5.41, 5.74) is 1.37. The molecule has 0 aliphatic heterocycles. The van der Waals surface area contributed by atoms with Crippen LogP contribution in [-0.2, 0) is 6.42 Å². The van der Waals surface area contributed by atoms with Gasteiger partial charge in [0.25, 0.3) is 5.91 Å². The number of amides is 1. The van der Waals surface area contributed by atoms with Crippen LogP contribution in [0.25, 0.3) is 0 Å². The van der Waals surface area contributed by atoms with Gasteiger partial charge in [0.2, 0.25) is 0 Å². The molecular formula is C15H15ClN2O2. The molecule has 4 nitrogen and oxygen atoms in total. The SMILES string of the molecule is O=C(NC(O)CCc1ccccc1)c1cccnc1Cl. The lowest BCUT2D eigenvalue weighted by molar-refractivity contribution is 0.0765. The first-order valence-electron chi connectivity index (χ1n) is 6.30. The molecule has 2 rings (SSSR count). The largest absolute Gasteiger partial charge is 0.374 e. The highest BCUT2D eigenvalue weighted by atomic mass is 35.5. The minimum absolute atomic E-state index is 0.125.